The van der Waals surface area contributed by atoms with Crippen molar-refractivity contribution in [3.63, 3.8) is 0 Å². The number of aromatic nitrogens is 3. The van der Waals surface area contributed by atoms with Crippen molar-refractivity contribution in [3.05, 3.63) is 49.1 Å². The molecular formula is C18H17N3O2. The molecule has 5 nitrogen and oxygen atoms in total. The summed E-state index contributed by atoms with van der Waals surface area (Å²) in [6.07, 6.45) is 3.23. The van der Waals surface area contributed by atoms with E-state index < -0.39 is 5.60 Å². The summed E-state index contributed by atoms with van der Waals surface area (Å²) in [6, 6.07) is 12.1. The lowest BCUT2D eigenvalue weighted by Crippen LogP contribution is -2.25. The van der Waals surface area contributed by atoms with Crippen molar-refractivity contribution in [1.29, 1.82) is 0 Å². The highest BCUT2D eigenvalue weighted by molar-refractivity contribution is 5.85. The standard InChI is InChI=1S/C18H17N3O2/c1-18(2,22)9-21-10-19-14-5-3-13(8-16(14)21)12-4-6-17-15(7-12)20-11-23-17/h3-8,10-11,22H,9H2,1-2H3. The van der Waals surface area contributed by atoms with Gasteiger partial charge in [-0.2, -0.15) is 0 Å². The van der Waals surface area contributed by atoms with Crippen LogP contribution in [0.3, 0.4) is 0 Å². The molecule has 2 aromatic heterocycles. The number of aliphatic hydroxyl groups is 1. The summed E-state index contributed by atoms with van der Waals surface area (Å²) in [5.41, 5.74) is 4.91. The van der Waals surface area contributed by atoms with Crippen LogP contribution in [0.5, 0.6) is 0 Å². The Bertz CT molecular complexity index is 992. The van der Waals surface area contributed by atoms with Crippen LogP contribution in [-0.2, 0) is 6.54 Å². The SMILES string of the molecule is CC(C)(O)Cn1cnc2ccc(-c3ccc4ocnc4c3)cc21. The van der Waals surface area contributed by atoms with E-state index in [1.54, 1.807) is 20.2 Å². The molecule has 23 heavy (non-hydrogen) atoms. The van der Waals surface area contributed by atoms with E-state index in [1.165, 1.54) is 6.39 Å². The largest absolute Gasteiger partial charge is 0.443 e. The Morgan fingerprint density at radius 2 is 1.83 bits per heavy atom. The molecule has 0 aliphatic rings. The Balaban J connectivity index is 1.82. The lowest BCUT2D eigenvalue weighted by Gasteiger charge is -2.18. The van der Waals surface area contributed by atoms with Crippen LogP contribution in [0.4, 0.5) is 0 Å². The van der Waals surface area contributed by atoms with E-state index in [2.05, 4.69) is 16.0 Å². The van der Waals surface area contributed by atoms with Gasteiger partial charge in [-0.3, -0.25) is 0 Å². The molecule has 0 saturated carbocycles. The topological polar surface area (TPSA) is 64.1 Å². The third-order valence-corrected chi connectivity index (χ3v) is 3.84. The predicted molar refractivity (Wildman–Crippen MR) is 89.0 cm³/mol. The monoisotopic (exact) mass is 307 g/mol. The maximum absolute atomic E-state index is 10.1. The maximum Gasteiger partial charge on any atom is 0.181 e. The third-order valence-electron chi connectivity index (χ3n) is 3.84. The first kappa shape index (κ1) is 14.0. The molecule has 0 amide bonds. The van der Waals surface area contributed by atoms with E-state index in [-0.39, 0.29) is 0 Å². The van der Waals surface area contributed by atoms with E-state index in [4.69, 9.17) is 4.42 Å². The molecule has 0 aliphatic carbocycles. The number of nitrogens with zero attached hydrogens (tertiary/aromatic N) is 3. The van der Waals surface area contributed by atoms with Crippen LogP contribution < -0.4 is 0 Å². The number of benzene rings is 2. The van der Waals surface area contributed by atoms with E-state index in [0.717, 1.165) is 33.3 Å². The van der Waals surface area contributed by atoms with Crippen molar-refractivity contribution in [3.8, 4) is 11.1 Å². The zero-order valence-corrected chi connectivity index (χ0v) is 13.0. The maximum atomic E-state index is 10.1. The molecule has 116 valence electrons. The number of oxazole rings is 1. The van der Waals surface area contributed by atoms with Gasteiger partial charge >= 0.3 is 0 Å². The van der Waals surface area contributed by atoms with Crippen LogP contribution in [0, 0.1) is 0 Å². The highest BCUT2D eigenvalue weighted by Gasteiger charge is 2.15. The summed E-state index contributed by atoms with van der Waals surface area (Å²) in [4.78, 5) is 8.61. The second-order valence-electron chi connectivity index (χ2n) is 6.42. The van der Waals surface area contributed by atoms with E-state index in [1.807, 2.05) is 34.9 Å². The molecule has 2 heterocycles. The van der Waals surface area contributed by atoms with Gasteiger partial charge in [-0.25, -0.2) is 9.97 Å². The Morgan fingerprint density at radius 3 is 2.65 bits per heavy atom. The normalized spacial score (nSPS) is 12.3. The summed E-state index contributed by atoms with van der Waals surface area (Å²) in [5.74, 6) is 0. The van der Waals surface area contributed by atoms with Gasteiger partial charge in [-0.1, -0.05) is 12.1 Å². The number of imidazole rings is 1. The van der Waals surface area contributed by atoms with Gasteiger partial charge in [0.1, 0.15) is 5.52 Å². The summed E-state index contributed by atoms with van der Waals surface area (Å²) in [6.45, 7) is 4.08. The molecular weight excluding hydrogens is 290 g/mol. The van der Waals surface area contributed by atoms with Crippen molar-refractivity contribution < 1.29 is 9.52 Å². The highest BCUT2D eigenvalue weighted by atomic mass is 16.3. The van der Waals surface area contributed by atoms with Crippen molar-refractivity contribution in [2.75, 3.05) is 0 Å². The quantitative estimate of drug-likeness (QED) is 0.628. The van der Waals surface area contributed by atoms with Crippen LogP contribution >= 0.6 is 0 Å². The first-order valence-corrected chi connectivity index (χ1v) is 7.50. The lowest BCUT2D eigenvalue weighted by atomic mass is 10.0. The average Bonchev–Trinajstić information content (AvgIpc) is 3.11. The van der Waals surface area contributed by atoms with E-state index >= 15 is 0 Å². The van der Waals surface area contributed by atoms with Crippen LogP contribution in [0.2, 0.25) is 0 Å². The Morgan fingerprint density at radius 1 is 1.04 bits per heavy atom. The number of hydrogen-bond donors (Lipinski definition) is 1. The van der Waals surface area contributed by atoms with Gasteiger partial charge in [-0.15, -0.1) is 0 Å². The fraction of sp³-hybridized carbons (Fsp3) is 0.222. The molecule has 0 unspecified atom stereocenters. The number of rotatable bonds is 3. The van der Waals surface area contributed by atoms with Gasteiger partial charge in [-0.05, 0) is 49.2 Å². The first-order valence-electron chi connectivity index (χ1n) is 7.50. The Hall–Kier alpha value is -2.66. The molecule has 2 aromatic carbocycles. The molecule has 0 atom stereocenters. The minimum atomic E-state index is -0.788. The smallest absolute Gasteiger partial charge is 0.181 e. The van der Waals surface area contributed by atoms with Gasteiger partial charge in [0, 0.05) is 0 Å². The lowest BCUT2D eigenvalue weighted by molar-refractivity contribution is 0.0627. The van der Waals surface area contributed by atoms with Gasteiger partial charge in [0.25, 0.3) is 0 Å². The van der Waals surface area contributed by atoms with Gasteiger partial charge in [0.2, 0.25) is 0 Å². The van der Waals surface area contributed by atoms with E-state index in [9.17, 15) is 5.11 Å². The van der Waals surface area contributed by atoms with Crippen molar-refractivity contribution in [2.45, 2.75) is 26.0 Å². The molecule has 1 N–H and O–H groups in total. The zero-order valence-electron chi connectivity index (χ0n) is 13.0. The van der Waals surface area contributed by atoms with Crippen molar-refractivity contribution in [1.82, 2.24) is 14.5 Å². The van der Waals surface area contributed by atoms with Crippen LogP contribution in [0.1, 0.15) is 13.8 Å². The van der Waals surface area contributed by atoms with Crippen molar-refractivity contribution >= 4 is 22.1 Å². The third kappa shape index (κ3) is 2.59. The summed E-state index contributed by atoms with van der Waals surface area (Å²) in [5, 5.41) is 10.1. The fourth-order valence-corrected chi connectivity index (χ4v) is 2.82. The van der Waals surface area contributed by atoms with E-state index in [0.29, 0.717) is 6.54 Å². The average molecular weight is 307 g/mol. The summed E-state index contributed by atoms with van der Waals surface area (Å²) in [7, 11) is 0. The Kier molecular flexibility index (Phi) is 2.99. The summed E-state index contributed by atoms with van der Waals surface area (Å²) >= 11 is 0. The second-order valence-corrected chi connectivity index (χ2v) is 6.42. The molecule has 0 bridgehead atoms. The number of fused-ring (bicyclic) bond motifs is 2. The minimum Gasteiger partial charge on any atom is -0.443 e. The van der Waals surface area contributed by atoms with Crippen LogP contribution in [0.15, 0.2) is 53.5 Å². The second kappa shape index (κ2) is 4.93. The first-order chi connectivity index (χ1) is 11.0. The van der Waals surface area contributed by atoms with Gasteiger partial charge in [0.05, 0.1) is 29.5 Å². The predicted octanol–water partition coefficient (Wildman–Crippen LogP) is 3.62. The molecule has 0 spiro atoms. The van der Waals surface area contributed by atoms with Crippen LogP contribution in [0.25, 0.3) is 33.3 Å². The molecule has 4 rings (SSSR count). The molecule has 0 fully saturated rings. The molecule has 0 saturated heterocycles. The molecule has 5 heteroatoms. The van der Waals surface area contributed by atoms with Crippen LogP contribution in [-0.4, -0.2) is 25.2 Å². The highest BCUT2D eigenvalue weighted by Crippen LogP contribution is 2.27. The fourth-order valence-electron chi connectivity index (χ4n) is 2.82. The number of hydrogen-bond acceptors (Lipinski definition) is 4. The minimum absolute atomic E-state index is 0.495. The summed E-state index contributed by atoms with van der Waals surface area (Å²) < 4.78 is 7.27. The van der Waals surface area contributed by atoms with Gasteiger partial charge in [0.15, 0.2) is 12.0 Å². The Labute approximate surface area is 133 Å². The van der Waals surface area contributed by atoms with Crippen molar-refractivity contribution in [2.24, 2.45) is 0 Å². The molecule has 0 radical (unpaired) electrons. The van der Waals surface area contributed by atoms with Gasteiger partial charge < -0.3 is 14.1 Å². The zero-order chi connectivity index (χ0) is 16.0. The molecule has 4 aromatic rings. The molecule has 0 aliphatic heterocycles.